The Morgan fingerprint density at radius 3 is 2.27 bits per heavy atom. The van der Waals surface area contributed by atoms with Crippen molar-refractivity contribution >= 4 is 12.1 Å². The summed E-state index contributed by atoms with van der Waals surface area (Å²) in [6.07, 6.45) is -4.25. The number of amides is 1. The zero-order chi connectivity index (χ0) is 17.1. The van der Waals surface area contributed by atoms with Crippen LogP contribution < -0.4 is 5.43 Å². The van der Waals surface area contributed by atoms with E-state index in [1.165, 1.54) is 19.2 Å². The van der Waals surface area contributed by atoms with Gasteiger partial charge in [0.25, 0.3) is 0 Å². The van der Waals surface area contributed by atoms with E-state index in [0.717, 1.165) is 0 Å². The summed E-state index contributed by atoms with van der Waals surface area (Å²) in [5, 5.41) is 11.7. The largest absolute Gasteiger partial charge is 0.467 e. The number of nitrogens with one attached hydrogen (secondary N) is 1. The highest BCUT2D eigenvalue weighted by Gasteiger charge is 2.51. The third-order valence-electron chi connectivity index (χ3n) is 3.10. The minimum absolute atomic E-state index is 0.292. The van der Waals surface area contributed by atoms with Crippen LogP contribution in [-0.2, 0) is 23.7 Å². The second-order valence-corrected chi connectivity index (χ2v) is 5.56. The van der Waals surface area contributed by atoms with Gasteiger partial charge in [0, 0.05) is 6.04 Å². The molecular formula is C13H24N2O7. The van der Waals surface area contributed by atoms with E-state index in [2.05, 4.69) is 14.9 Å². The average Bonchev–Trinajstić information content (AvgIpc) is 2.78. The van der Waals surface area contributed by atoms with Crippen molar-refractivity contribution in [2.45, 2.75) is 58.0 Å². The van der Waals surface area contributed by atoms with Gasteiger partial charge in [-0.15, -0.1) is 0 Å². The van der Waals surface area contributed by atoms with E-state index >= 15 is 0 Å². The molecule has 1 aliphatic heterocycles. The lowest BCUT2D eigenvalue weighted by molar-refractivity contribution is -0.178. The van der Waals surface area contributed by atoms with Crippen molar-refractivity contribution in [2.75, 3.05) is 14.2 Å². The molecule has 128 valence electrons. The molecule has 22 heavy (non-hydrogen) atoms. The first kappa shape index (κ1) is 18.6. The Morgan fingerprint density at radius 2 is 1.82 bits per heavy atom. The first-order valence-corrected chi connectivity index (χ1v) is 6.87. The maximum atomic E-state index is 11.8. The van der Waals surface area contributed by atoms with Gasteiger partial charge in [-0.2, -0.15) is 5.01 Å². The first-order valence-electron chi connectivity index (χ1n) is 6.87. The summed E-state index contributed by atoms with van der Waals surface area (Å²) >= 11 is 0. The summed E-state index contributed by atoms with van der Waals surface area (Å²) in [7, 11) is 2.42. The zero-order valence-electron chi connectivity index (χ0n) is 13.7. The fraction of sp³-hybridized carbons (Fsp3) is 0.846. The van der Waals surface area contributed by atoms with Gasteiger partial charge in [-0.1, -0.05) is 0 Å². The maximum Gasteiger partial charge on any atom is 0.421 e. The second kappa shape index (κ2) is 7.23. The van der Waals surface area contributed by atoms with E-state index in [9.17, 15) is 14.7 Å². The average molecular weight is 320 g/mol. The lowest BCUT2D eigenvalue weighted by Crippen LogP contribution is -2.59. The van der Waals surface area contributed by atoms with Gasteiger partial charge in [-0.05, 0) is 27.7 Å². The van der Waals surface area contributed by atoms with Gasteiger partial charge >= 0.3 is 12.1 Å². The van der Waals surface area contributed by atoms with Crippen LogP contribution in [0.15, 0.2) is 0 Å². The highest BCUT2D eigenvalue weighted by atomic mass is 16.8. The first-order chi connectivity index (χ1) is 10.1. The van der Waals surface area contributed by atoms with Gasteiger partial charge in [0.05, 0.1) is 14.2 Å². The summed E-state index contributed by atoms with van der Waals surface area (Å²) in [5.41, 5.74) is 2.38. The van der Waals surface area contributed by atoms with Crippen molar-refractivity contribution in [2.24, 2.45) is 0 Å². The number of hydrogen-bond donors (Lipinski definition) is 2. The van der Waals surface area contributed by atoms with Crippen LogP contribution in [0.1, 0.15) is 27.7 Å². The van der Waals surface area contributed by atoms with Gasteiger partial charge < -0.3 is 24.1 Å². The van der Waals surface area contributed by atoms with E-state index in [1.54, 1.807) is 27.7 Å². The molecule has 9 heteroatoms. The Bertz CT molecular complexity index is 413. The molecule has 0 aromatic rings. The molecule has 1 saturated heterocycles. The number of aliphatic hydroxyl groups excluding tert-OH is 1. The Labute approximate surface area is 129 Å². The Balaban J connectivity index is 2.96. The van der Waals surface area contributed by atoms with Crippen molar-refractivity contribution in [3.63, 3.8) is 0 Å². The molecule has 3 atom stereocenters. The van der Waals surface area contributed by atoms with Crippen LogP contribution in [0.5, 0.6) is 0 Å². The lowest BCUT2D eigenvalue weighted by atomic mass is 10.1. The molecule has 0 aromatic carbocycles. The number of esters is 1. The fourth-order valence-corrected chi connectivity index (χ4v) is 2.12. The van der Waals surface area contributed by atoms with Gasteiger partial charge in [0.1, 0.15) is 6.10 Å². The van der Waals surface area contributed by atoms with Crippen molar-refractivity contribution < 1.29 is 33.6 Å². The number of ether oxygens (including phenoxy) is 4. The van der Waals surface area contributed by atoms with Crippen LogP contribution in [0.3, 0.4) is 0 Å². The Hall–Kier alpha value is -1.42. The van der Waals surface area contributed by atoms with Gasteiger partial charge in [0.15, 0.2) is 18.1 Å². The van der Waals surface area contributed by atoms with Crippen LogP contribution in [-0.4, -0.2) is 66.7 Å². The summed E-state index contributed by atoms with van der Waals surface area (Å²) in [6.45, 7) is 6.72. The summed E-state index contributed by atoms with van der Waals surface area (Å²) in [6, 6.07) is -0.292. The van der Waals surface area contributed by atoms with Crippen LogP contribution in [0.25, 0.3) is 0 Å². The molecule has 9 nitrogen and oxygen atoms in total. The van der Waals surface area contributed by atoms with E-state index in [-0.39, 0.29) is 6.04 Å². The van der Waals surface area contributed by atoms with E-state index in [1.807, 2.05) is 0 Å². The van der Waals surface area contributed by atoms with Gasteiger partial charge in [-0.25, -0.2) is 9.59 Å². The minimum Gasteiger partial charge on any atom is -0.467 e. The number of carbonyl (C=O) groups excluding carboxylic acids is 2. The van der Waals surface area contributed by atoms with E-state index < -0.39 is 36.3 Å². The predicted molar refractivity (Wildman–Crippen MR) is 74.4 cm³/mol. The van der Waals surface area contributed by atoms with Crippen LogP contribution in [0.4, 0.5) is 4.79 Å². The quantitative estimate of drug-likeness (QED) is 0.413. The molecule has 0 radical (unpaired) electrons. The highest BCUT2D eigenvalue weighted by Crippen LogP contribution is 2.31. The molecule has 1 fully saturated rings. The molecule has 1 unspecified atom stereocenters. The molecular weight excluding hydrogens is 296 g/mol. The number of rotatable bonds is 5. The molecule has 2 N–H and O–H groups in total. The fourth-order valence-electron chi connectivity index (χ4n) is 2.12. The van der Waals surface area contributed by atoms with Crippen molar-refractivity contribution in [1.29, 1.82) is 0 Å². The van der Waals surface area contributed by atoms with Crippen molar-refractivity contribution in [1.82, 2.24) is 10.4 Å². The molecule has 1 aliphatic rings. The Kier molecular flexibility index (Phi) is 6.12. The minimum atomic E-state index is -1.34. The summed E-state index contributed by atoms with van der Waals surface area (Å²) < 4.78 is 20.2. The van der Waals surface area contributed by atoms with E-state index in [0.29, 0.717) is 0 Å². The maximum absolute atomic E-state index is 11.8. The number of aliphatic hydroxyl groups is 1. The smallest absolute Gasteiger partial charge is 0.421 e. The number of methoxy groups -OCH3 is 2. The molecule has 0 aromatic heterocycles. The number of hydrogen-bond acceptors (Lipinski definition) is 8. The van der Waals surface area contributed by atoms with Gasteiger partial charge in [0.2, 0.25) is 0 Å². The number of hydrazine groups is 1. The molecule has 0 spiro atoms. The summed E-state index contributed by atoms with van der Waals surface area (Å²) in [5.74, 6) is -1.74. The zero-order valence-corrected chi connectivity index (χ0v) is 13.7. The van der Waals surface area contributed by atoms with Crippen molar-refractivity contribution in [3.8, 4) is 0 Å². The standard InChI is InChI=1S/C13H24N2O7/c1-7(2)15(14-12(18)20-6)10(16)8-9(11(17)19-5)22-13(3,4)21-8/h7-10,16H,1-6H3,(H,14,18)/t8-,9-,10?/m1/s1. The summed E-state index contributed by atoms with van der Waals surface area (Å²) in [4.78, 5) is 23.2. The molecule has 0 aliphatic carbocycles. The highest BCUT2D eigenvalue weighted by molar-refractivity contribution is 5.75. The normalized spacial score (nSPS) is 25.1. The van der Waals surface area contributed by atoms with E-state index in [4.69, 9.17) is 9.47 Å². The number of nitrogens with zero attached hydrogens (tertiary/aromatic N) is 1. The molecule has 1 heterocycles. The lowest BCUT2D eigenvalue weighted by Gasteiger charge is -2.34. The van der Waals surface area contributed by atoms with Crippen molar-refractivity contribution in [3.05, 3.63) is 0 Å². The third-order valence-corrected chi connectivity index (χ3v) is 3.10. The SMILES string of the molecule is COC(=O)NN(C(C)C)C(O)[C@@H]1OC(C)(C)O[C@H]1C(=O)OC. The molecule has 1 rings (SSSR count). The van der Waals surface area contributed by atoms with Crippen LogP contribution in [0.2, 0.25) is 0 Å². The molecule has 1 amide bonds. The third kappa shape index (κ3) is 4.29. The topological polar surface area (TPSA) is 107 Å². The van der Waals surface area contributed by atoms with Crippen LogP contribution >= 0.6 is 0 Å². The second-order valence-electron chi connectivity index (χ2n) is 5.56. The number of carbonyl (C=O) groups is 2. The Morgan fingerprint density at radius 1 is 1.23 bits per heavy atom. The monoisotopic (exact) mass is 320 g/mol. The van der Waals surface area contributed by atoms with Gasteiger partial charge in [-0.3, -0.25) is 5.43 Å². The molecule has 0 bridgehead atoms. The predicted octanol–water partition coefficient (Wildman–Crippen LogP) is -0.0207. The van der Waals surface area contributed by atoms with Crippen LogP contribution in [0, 0.1) is 0 Å². The molecule has 0 saturated carbocycles.